The first-order valence-electron chi connectivity index (χ1n) is 9.72. The molecule has 1 saturated heterocycles. The molecule has 1 atom stereocenters. The summed E-state index contributed by atoms with van der Waals surface area (Å²) >= 11 is 3.49. The average molecular weight is 428 g/mol. The Morgan fingerprint density at radius 3 is 2.96 bits per heavy atom. The van der Waals surface area contributed by atoms with E-state index in [0.29, 0.717) is 5.69 Å². The molecule has 2 aliphatic rings. The molecule has 5 rings (SSSR count). The molecule has 140 valence electrons. The van der Waals surface area contributed by atoms with Gasteiger partial charge in [-0.2, -0.15) is 0 Å². The lowest BCUT2D eigenvalue weighted by molar-refractivity contribution is 0.0722. The van der Waals surface area contributed by atoms with E-state index in [1.165, 1.54) is 12.8 Å². The second-order valence-corrected chi connectivity index (χ2v) is 8.42. The molecule has 2 aromatic heterocycles. The van der Waals surface area contributed by atoms with Crippen LogP contribution in [0.5, 0.6) is 0 Å². The number of H-pyrrole nitrogens is 1. The van der Waals surface area contributed by atoms with Gasteiger partial charge in [-0.15, -0.1) is 10.2 Å². The number of rotatable bonds is 2. The number of nitrogens with zero attached hydrogens (tertiary/aromatic N) is 4. The summed E-state index contributed by atoms with van der Waals surface area (Å²) in [6.07, 6.45) is 6.52. The number of benzene rings is 1. The highest BCUT2D eigenvalue weighted by Crippen LogP contribution is 2.34. The van der Waals surface area contributed by atoms with Crippen molar-refractivity contribution in [3.63, 3.8) is 0 Å². The van der Waals surface area contributed by atoms with Gasteiger partial charge in [-0.3, -0.25) is 4.79 Å². The first kappa shape index (κ1) is 17.0. The molecular weight excluding hydrogens is 406 g/mol. The third-order valence-electron chi connectivity index (χ3n) is 5.76. The van der Waals surface area contributed by atoms with Crippen molar-refractivity contribution in [3.05, 3.63) is 46.1 Å². The highest BCUT2D eigenvalue weighted by atomic mass is 79.9. The fourth-order valence-electron chi connectivity index (χ4n) is 4.40. The maximum atomic E-state index is 13.3. The van der Waals surface area contributed by atoms with Crippen LogP contribution in [0.4, 0.5) is 0 Å². The minimum absolute atomic E-state index is 0.0231. The maximum absolute atomic E-state index is 13.3. The minimum Gasteiger partial charge on any atom is -0.350 e. The molecule has 0 radical (unpaired) electrons. The van der Waals surface area contributed by atoms with Crippen LogP contribution in [0, 0.1) is 0 Å². The van der Waals surface area contributed by atoms with Crippen LogP contribution in [0.3, 0.4) is 0 Å². The van der Waals surface area contributed by atoms with Gasteiger partial charge in [0.2, 0.25) is 0 Å². The number of amides is 1. The summed E-state index contributed by atoms with van der Waals surface area (Å²) in [7, 11) is 0. The zero-order valence-corrected chi connectivity index (χ0v) is 16.7. The summed E-state index contributed by atoms with van der Waals surface area (Å²) in [4.78, 5) is 18.5. The summed E-state index contributed by atoms with van der Waals surface area (Å²) in [6.45, 7) is 1.74. The number of aromatic nitrogens is 4. The predicted molar refractivity (Wildman–Crippen MR) is 107 cm³/mol. The van der Waals surface area contributed by atoms with Crippen molar-refractivity contribution in [1.82, 2.24) is 24.6 Å². The second kappa shape index (κ2) is 6.78. The molecule has 0 aliphatic carbocycles. The van der Waals surface area contributed by atoms with Gasteiger partial charge in [0.25, 0.3) is 5.91 Å². The highest BCUT2D eigenvalue weighted by molar-refractivity contribution is 9.10. The Balaban J connectivity index is 1.47. The van der Waals surface area contributed by atoms with Crippen LogP contribution in [0.25, 0.3) is 10.9 Å². The average Bonchev–Trinajstić information content (AvgIpc) is 3.35. The van der Waals surface area contributed by atoms with Gasteiger partial charge in [-0.1, -0.05) is 28.4 Å². The van der Waals surface area contributed by atoms with Gasteiger partial charge < -0.3 is 14.5 Å². The summed E-state index contributed by atoms with van der Waals surface area (Å²) in [5.41, 5.74) is 1.62. The van der Waals surface area contributed by atoms with Crippen LogP contribution in [0.2, 0.25) is 0 Å². The lowest BCUT2D eigenvalue weighted by Crippen LogP contribution is -2.32. The smallest absolute Gasteiger partial charge is 0.270 e. The molecule has 1 aromatic carbocycles. The van der Waals surface area contributed by atoms with Crippen LogP contribution in [-0.4, -0.2) is 37.1 Å². The Kier molecular flexibility index (Phi) is 4.27. The molecular formula is C20H22BrN5O. The zero-order valence-electron chi connectivity index (χ0n) is 15.1. The van der Waals surface area contributed by atoms with Gasteiger partial charge >= 0.3 is 0 Å². The number of likely N-dealkylation sites (tertiary alicyclic amines) is 1. The van der Waals surface area contributed by atoms with E-state index in [2.05, 4.69) is 35.7 Å². The van der Waals surface area contributed by atoms with Crippen molar-refractivity contribution in [1.29, 1.82) is 0 Å². The lowest BCUT2D eigenvalue weighted by atomic mass is 10.2. The van der Waals surface area contributed by atoms with E-state index in [0.717, 1.165) is 65.8 Å². The Hall–Kier alpha value is -2.15. The monoisotopic (exact) mass is 427 g/mol. The molecule has 0 spiro atoms. The zero-order chi connectivity index (χ0) is 18.4. The van der Waals surface area contributed by atoms with Gasteiger partial charge in [-0.05, 0) is 43.9 Å². The Bertz CT molecular complexity index is 1010. The third-order valence-corrected chi connectivity index (χ3v) is 6.26. The molecule has 4 heterocycles. The number of aromatic amines is 1. The number of hydrogen-bond acceptors (Lipinski definition) is 3. The maximum Gasteiger partial charge on any atom is 0.270 e. The molecule has 1 unspecified atom stereocenters. The number of carbonyl (C=O) groups is 1. The summed E-state index contributed by atoms with van der Waals surface area (Å²) in [5.74, 6) is 2.10. The normalized spacial score (nSPS) is 20.0. The van der Waals surface area contributed by atoms with Crippen LogP contribution >= 0.6 is 15.9 Å². The first-order valence-corrected chi connectivity index (χ1v) is 10.5. The van der Waals surface area contributed by atoms with E-state index in [1.54, 1.807) is 0 Å². The van der Waals surface area contributed by atoms with Crippen molar-refractivity contribution in [2.75, 3.05) is 6.54 Å². The van der Waals surface area contributed by atoms with Gasteiger partial charge in [0, 0.05) is 34.9 Å². The molecule has 1 amide bonds. The van der Waals surface area contributed by atoms with Gasteiger partial charge in [0.1, 0.15) is 11.5 Å². The Morgan fingerprint density at radius 2 is 2.04 bits per heavy atom. The summed E-state index contributed by atoms with van der Waals surface area (Å²) in [5, 5.41) is 9.99. The molecule has 1 fully saturated rings. The number of halogens is 1. The van der Waals surface area contributed by atoms with E-state index in [-0.39, 0.29) is 11.9 Å². The van der Waals surface area contributed by atoms with E-state index in [4.69, 9.17) is 0 Å². The van der Waals surface area contributed by atoms with Crippen molar-refractivity contribution >= 4 is 32.7 Å². The highest BCUT2D eigenvalue weighted by Gasteiger charge is 2.35. The SMILES string of the molecule is O=C(c1cc2ccc(Br)cc2[nH]1)N1CCCC1c1nnc2n1CCCCC2. The van der Waals surface area contributed by atoms with E-state index in [9.17, 15) is 4.79 Å². The summed E-state index contributed by atoms with van der Waals surface area (Å²) in [6, 6.07) is 7.99. The van der Waals surface area contributed by atoms with Crippen molar-refractivity contribution in [2.45, 2.75) is 51.1 Å². The van der Waals surface area contributed by atoms with Crippen molar-refractivity contribution in [2.24, 2.45) is 0 Å². The van der Waals surface area contributed by atoms with Gasteiger partial charge in [-0.25, -0.2) is 0 Å². The molecule has 27 heavy (non-hydrogen) atoms. The standard InChI is InChI=1S/C20H22BrN5O/c21-14-8-7-13-11-16(22-15(13)12-14)20(27)25-10-4-5-17(25)19-24-23-18-6-2-1-3-9-26(18)19/h7-8,11-12,17,22H,1-6,9-10H2. The number of fused-ring (bicyclic) bond motifs is 2. The number of hydrogen-bond donors (Lipinski definition) is 1. The lowest BCUT2D eigenvalue weighted by Gasteiger charge is -2.24. The van der Waals surface area contributed by atoms with E-state index >= 15 is 0 Å². The number of carbonyl (C=O) groups excluding carboxylic acids is 1. The largest absolute Gasteiger partial charge is 0.350 e. The van der Waals surface area contributed by atoms with Crippen molar-refractivity contribution < 1.29 is 4.79 Å². The quantitative estimate of drug-likeness (QED) is 0.665. The molecule has 0 bridgehead atoms. The van der Waals surface area contributed by atoms with Crippen LogP contribution in [-0.2, 0) is 13.0 Å². The second-order valence-electron chi connectivity index (χ2n) is 7.51. The van der Waals surface area contributed by atoms with Crippen LogP contribution < -0.4 is 0 Å². The fraction of sp³-hybridized carbons (Fsp3) is 0.450. The van der Waals surface area contributed by atoms with Gasteiger partial charge in [0.15, 0.2) is 5.82 Å². The number of aryl methyl sites for hydroxylation is 1. The Morgan fingerprint density at radius 1 is 1.11 bits per heavy atom. The third kappa shape index (κ3) is 2.98. The van der Waals surface area contributed by atoms with E-state index < -0.39 is 0 Å². The van der Waals surface area contributed by atoms with Crippen LogP contribution in [0.15, 0.2) is 28.7 Å². The molecule has 7 heteroatoms. The van der Waals surface area contributed by atoms with E-state index in [1.807, 2.05) is 29.2 Å². The molecule has 2 aliphatic heterocycles. The molecule has 6 nitrogen and oxygen atoms in total. The van der Waals surface area contributed by atoms with Gasteiger partial charge in [0.05, 0.1) is 6.04 Å². The van der Waals surface area contributed by atoms with Crippen LogP contribution in [0.1, 0.15) is 60.3 Å². The fourth-order valence-corrected chi connectivity index (χ4v) is 4.76. The minimum atomic E-state index is 0.0231. The summed E-state index contributed by atoms with van der Waals surface area (Å²) < 4.78 is 3.27. The first-order chi connectivity index (χ1) is 13.2. The molecule has 1 N–H and O–H groups in total. The Labute approximate surface area is 166 Å². The molecule has 0 saturated carbocycles. The predicted octanol–water partition coefficient (Wildman–Crippen LogP) is 4.23. The number of nitrogens with one attached hydrogen (secondary N) is 1. The van der Waals surface area contributed by atoms with Crippen molar-refractivity contribution in [3.8, 4) is 0 Å². The molecule has 3 aromatic rings. The topological polar surface area (TPSA) is 66.8 Å².